The van der Waals surface area contributed by atoms with Gasteiger partial charge in [-0.05, 0) is 27.2 Å². The van der Waals surface area contributed by atoms with Crippen LogP contribution in [0.1, 0.15) is 0 Å². The Morgan fingerprint density at radius 3 is 2.58 bits per heavy atom. The Balaban J connectivity index is 3.52. The highest BCUT2D eigenvalue weighted by Gasteiger charge is 2.17. The largest absolute Gasteiger partial charge is 0.503 e. The zero-order valence-corrected chi connectivity index (χ0v) is 7.10. The Hall–Kier alpha value is -1.04. The highest BCUT2D eigenvalue weighted by molar-refractivity contribution is 9.10. The molecule has 0 fully saturated rings. The Morgan fingerprint density at radius 2 is 2.08 bits per heavy atom. The van der Waals surface area contributed by atoms with Crippen LogP contribution in [-0.4, -0.2) is 5.11 Å². The molecule has 1 rings (SSSR count). The van der Waals surface area contributed by atoms with Gasteiger partial charge in [0.2, 0.25) is 0 Å². The van der Waals surface area contributed by atoms with Gasteiger partial charge >= 0.3 is 0 Å². The zero-order chi connectivity index (χ0) is 9.30. The van der Waals surface area contributed by atoms with Crippen molar-refractivity contribution in [3.8, 4) is 5.75 Å². The molecule has 0 atom stereocenters. The third-order valence-corrected chi connectivity index (χ3v) is 1.79. The second kappa shape index (κ2) is 3.14. The molecular formula is C6H2BrF2NO2. The van der Waals surface area contributed by atoms with Gasteiger partial charge in [-0.1, -0.05) is 0 Å². The first-order valence-electron chi connectivity index (χ1n) is 2.77. The van der Waals surface area contributed by atoms with E-state index in [0.29, 0.717) is 6.07 Å². The molecule has 3 nitrogen and oxygen atoms in total. The van der Waals surface area contributed by atoms with Gasteiger partial charge in [0.05, 0.1) is 4.47 Å². The van der Waals surface area contributed by atoms with Crippen LogP contribution in [0.25, 0.3) is 0 Å². The predicted molar refractivity (Wildman–Crippen MR) is 41.2 cm³/mol. The smallest absolute Gasteiger partial charge is 0.189 e. The van der Waals surface area contributed by atoms with E-state index in [0.717, 1.165) is 0 Å². The van der Waals surface area contributed by atoms with Gasteiger partial charge in [0.1, 0.15) is 0 Å². The first-order valence-corrected chi connectivity index (χ1v) is 3.57. The summed E-state index contributed by atoms with van der Waals surface area (Å²) in [5, 5.41) is 10.9. The number of halogens is 3. The van der Waals surface area contributed by atoms with Gasteiger partial charge in [0, 0.05) is 0 Å². The quantitative estimate of drug-likeness (QED) is 0.604. The van der Waals surface area contributed by atoms with Crippen LogP contribution in [0, 0.1) is 16.5 Å². The number of rotatable bonds is 1. The molecule has 0 unspecified atom stereocenters. The van der Waals surface area contributed by atoms with Crippen molar-refractivity contribution in [3.63, 3.8) is 0 Å². The molecule has 0 aliphatic carbocycles. The fraction of sp³-hybridized carbons (Fsp3) is 0. The van der Waals surface area contributed by atoms with E-state index in [-0.39, 0.29) is 4.47 Å². The summed E-state index contributed by atoms with van der Waals surface area (Å²) in [6.45, 7) is 0. The fourth-order valence-corrected chi connectivity index (χ4v) is 1.05. The van der Waals surface area contributed by atoms with Crippen LogP contribution >= 0.6 is 15.9 Å². The van der Waals surface area contributed by atoms with E-state index in [4.69, 9.17) is 5.11 Å². The molecule has 0 saturated heterocycles. The predicted octanol–water partition coefficient (Wildman–Crippen LogP) is 2.83. The normalized spacial score (nSPS) is 9.92. The summed E-state index contributed by atoms with van der Waals surface area (Å²) in [6, 6.07) is 0.708. The number of aromatic hydroxyl groups is 1. The van der Waals surface area contributed by atoms with Gasteiger partial charge in [-0.15, -0.1) is 4.91 Å². The summed E-state index contributed by atoms with van der Waals surface area (Å²) in [6.07, 6.45) is 0. The summed E-state index contributed by atoms with van der Waals surface area (Å²) in [7, 11) is 0. The van der Waals surface area contributed by atoms with Crippen LogP contribution in [0.4, 0.5) is 14.5 Å². The maximum Gasteiger partial charge on any atom is 0.189 e. The molecule has 0 amide bonds. The highest BCUT2D eigenvalue weighted by Crippen LogP contribution is 2.36. The standard InChI is InChI=1S/C6H2BrF2NO2/c7-2-1-3(8)6(11)5(10-12)4(2)9/h1,11H. The maximum atomic E-state index is 12.8. The molecular weight excluding hydrogens is 236 g/mol. The van der Waals surface area contributed by atoms with Crippen LogP contribution in [-0.2, 0) is 0 Å². The maximum absolute atomic E-state index is 12.8. The second-order valence-corrected chi connectivity index (χ2v) is 2.80. The molecule has 1 N–H and O–H groups in total. The van der Waals surface area contributed by atoms with Crippen LogP contribution in [0.15, 0.2) is 15.7 Å². The number of nitrogens with zero attached hydrogens (tertiary/aromatic N) is 1. The minimum absolute atomic E-state index is 0.257. The van der Waals surface area contributed by atoms with Crippen LogP contribution < -0.4 is 0 Å². The van der Waals surface area contributed by atoms with E-state index in [1.165, 1.54) is 0 Å². The van der Waals surface area contributed by atoms with E-state index in [1.54, 1.807) is 0 Å². The summed E-state index contributed by atoms with van der Waals surface area (Å²) in [5.74, 6) is -3.26. The molecule has 12 heavy (non-hydrogen) atoms. The minimum Gasteiger partial charge on any atom is -0.503 e. The molecule has 1 aromatic carbocycles. The van der Waals surface area contributed by atoms with Gasteiger partial charge in [0.15, 0.2) is 23.1 Å². The van der Waals surface area contributed by atoms with E-state index in [9.17, 15) is 13.7 Å². The molecule has 0 spiro atoms. The van der Waals surface area contributed by atoms with E-state index < -0.39 is 23.1 Å². The first-order chi connectivity index (χ1) is 5.57. The summed E-state index contributed by atoms with van der Waals surface area (Å²) < 4.78 is 25.1. The number of benzene rings is 1. The van der Waals surface area contributed by atoms with Gasteiger partial charge in [0.25, 0.3) is 0 Å². The number of phenolic OH excluding ortho intramolecular Hbond substituents is 1. The van der Waals surface area contributed by atoms with Gasteiger partial charge < -0.3 is 5.11 Å². The van der Waals surface area contributed by atoms with Crippen molar-refractivity contribution in [1.82, 2.24) is 0 Å². The third kappa shape index (κ3) is 1.29. The summed E-state index contributed by atoms with van der Waals surface area (Å²) in [5.41, 5.74) is -0.929. The van der Waals surface area contributed by atoms with Gasteiger partial charge in [-0.2, -0.15) is 0 Å². The highest BCUT2D eigenvalue weighted by atomic mass is 79.9. The molecule has 1 aromatic rings. The lowest BCUT2D eigenvalue weighted by Gasteiger charge is -2.00. The molecule has 0 heterocycles. The van der Waals surface area contributed by atoms with Crippen molar-refractivity contribution in [2.24, 2.45) is 5.18 Å². The average Bonchev–Trinajstić information content (AvgIpc) is 2.02. The second-order valence-electron chi connectivity index (χ2n) is 1.94. The molecule has 0 radical (unpaired) electrons. The SMILES string of the molecule is O=Nc1c(O)c(F)cc(Br)c1F. The number of nitroso groups, excluding NO2 is 1. The van der Waals surface area contributed by atoms with Gasteiger partial charge in [-0.3, -0.25) is 0 Å². The number of hydrogen-bond donors (Lipinski definition) is 1. The molecule has 0 saturated carbocycles. The number of phenols is 1. The van der Waals surface area contributed by atoms with E-state index >= 15 is 0 Å². The third-order valence-electron chi connectivity index (χ3n) is 1.21. The van der Waals surface area contributed by atoms with Crippen molar-refractivity contribution in [2.75, 3.05) is 0 Å². The lowest BCUT2D eigenvalue weighted by atomic mass is 10.3. The fourth-order valence-electron chi connectivity index (χ4n) is 0.656. The average molecular weight is 238 g/mol. The first kappa shape index (κ1) is 9.05. The number of hydrogen-bond acceptors (Lipinski definition) is 3. The van der Waals surface area contributed by atoms with Gasteiger partial charge in [-0.25, -0.2) is 8.78 Å². The minimum atomic E-state index is -1.10. The Labute approximate surface area is 74.1 Å². The van der Waals surface area contributed by atoms with Crippen molar-refractivity contribution in [2.45, 2.75) is 0 Å². The summed E-state index contributed by atoms with van der Waals surface area (Å²) in [4.78, 5) is 9.92. The summed E-state index contributed by atoms with van der Waals surface area (Å²) >= 11 is 2.65. The van der Waals surface area contributed by atoms with E-state index in [1.807, 2.05) is 0 Å². The molecule has 0 aliphatic heterocycles. The van der Waals surface area contributed by atoms with Crippen molar-refractivity contribution >= 4 is 21.6 Å². The van der Waals surface area contributed by atoms with Crippen LogP contribution in [0.5, 0.6) is 5.75 Å². The van der Waals surface area contributed by atoms with Crippen molar-refractivity contribution in [1.29, 1.82) is 0 Å². The Bertz CT molecular complexity index is 317. The Kier molecular flexibility index (Phi) is 2.37. The van der Waals surface area contributed by atoms with Crippen LogP contribution in [0.3, 0.4) is 0 Å². The monoisotopic (exact) mass is 237 g/mol. The lowest BCUT2D eigenvalue weighted by molar-refractivity contribution is 0.428. The van der Waals surface area contributed by atoms with Crippen LogP contribution in [0.2, 0.25) is 0 Å². The zero-order valence-electron chi connectivity index (χ0n) is 5.51. The topological polar surface area (TPSA) is 49.7 Å². The van der Waals surface area contributed by atoms with Crippen molar-refractivity contribution in [3.05, 3.63) is 27.1 Å². The molecule has 0 bridgehead atoms. The molecule has 64 valence electrons. The molecule has 0 aromatic heterocycles. The molecule has 0 aliphatic rings. The Morgan fingerprint density at radius 1 is 1.50 bits per heavy atom. The molecule has 6 heteroatoms. The van der Waals surface area contributed by atoms with Crippen molar-refractivity contribution < 1.29 is 13.9 Å². The van der Waals surface area contributed by atoms with E-state index in [2.05, 4.69) is 21.1 Å². The lowest BCUT2D eigenvalue weighted by Crippen LogP contribution is -1.84.